The number of nitrogens with one attached hydrogen (secondary N) is 1. The van der Waals surface area contributed by atoms with Gasteiger partial charge in [-0.15, -0.1) is 0 Å². The van der Waals surface area contributed by atoms with Gasteiger partial charge in [0.05, 0.1) is 5.69 Å². The molecule has 0 radical (unpaired) electrons. The van der Waals surface area contributed by atoms with Crippen LogP contribution in [0.1, 0.15) is 23.7 Å². The molecule has 25 heavy (non-hydrogen) atoms. The van der Waals surface area contributed by atoms with Crippen molar-refractivity contribution in [3.8, 4) is 0 Å². The van der Waals surface area contributed by atoms with Gasteiger partial charge in [-0.2, -0.15) is 0 Å². The van der Waals surface area contributed by atoms with Gasteiger partial charge in [0.2, 0.25) is 0 Å². The number of urea groups is 1. The minimum absolute atomic E-state index is 0.0536. The van der Waals surface area contributed by atoms with Gasteiger partial charge in [0.25, 0.3) is 11.8 Å². The van der Waals surface area contributed by atoms with Crippen LogP contribution in [-0.2, 0) is 9.59 Å². The second-order valence-corrected chi connectivity index (χ2v) is 5.69. The number of para-hydroxylation sites is 1. The molecule has 0 aromatic heterocycles. The van der Waals surface area contributed by atoms with Crippen LogP contribution in [0.25, 0.3) is 0 Å². The van der Waals surface area contributed by atoms with Crippen LogP contribution in [0.15, 0.2) is 60.7 Å². The van der Waals surface area contributed by atoms with Crippen molar-refractivity contribution in [3.63, 3.8) is 0 Å². The molecule has 1 N–H and O–H groups in total. The number of nitrogens with zero attached hydrogens (tertiary/aromatic N) is 1. The molecule has 1 fully saturated rings. The van der Waals surface area contributed by atoms with E-state index < -0.39 is 29.0 Å². The monoisotopic (exact) mass is 336 g/mol. The Labute approximate surface area is 144 Å². The molecule has 126 valence electrons. The molecule has 0 saturated carbocycles. The highest BCUT2D eigenvalue weighted by Gasteiger charge is 2.58. The third-order valence-electron chi connectivity index (χ3n) is 4.35. The van der Waals surface area contributed by atoms with E-state index in [2.05, 4.69) is 5.32 Å². The third-order valence-corrected chi connectivity index (χ3v) is 4.35. The highest BCUT2D eigenvalue weighted by molar-refractivity contribution is 6.39. The van der Waals surface area contributed by atoms with Crippen molar-refractivity contribution < 1.29 is 19.2 Å². The molecule has 2 aromatic rings. The number of hydrogen-bond acceptors (Lipinski definition) is 4. The summed E-state index contributed by atoms with van der Waals surface area (Å²) in [4.78, 5) is 51.8. The minimum Gasteiger partial charge on any atom is -0.292 e. The highest BCUT2D eigenvalue weighted by Crippen LogP contribution is 2.35. The molecule has 4 amide bonds. The van der Waals surface area contributed by atoms with E-state index in [-0.39, 0.29) is 12.0 Å². The predicted molar refractivity (Wildman–Crippen MR) is 91.0 cm³/mol. The number of carbonyl (C=O) groups is 4. The molecule has 3 rings (SSSR count). The number of imide groups is 2. The number of anilines is 1. The van der Waals surface area contributed by atoms with Crippen molar-refractivity contribution in [2.24, 2.45) is 5.41 Å². The zero-order chi connectivity index (χ0) is 18.0. The molecule has 0 aliphatic carbocycles. The highest BCUT2D eigenvalue weighted by atomic mass is 16.2. The second-order valence-electron chi connectivity index (χ2n) is 5.69. The van der Waals surface area contributed by atoms with Crippen molar-refractivity contribution in [3.05, 3.63) is 66.2 Å². The van der Waals surface area contributed by atoms with E-state index in [0.717, 1.165) is 4.90 Å². The molecule has 1 aliphatic rings. The quantitative estimate of drug-likeness (QED) is 0.687. The van der Waals surface area contributed by atoms with Crippen LogP contribution in [0.2, 0.25) is 0 Å². The Bertz CT molecular complexity index is 848. The van der Waals surface area contributed by atoms with E-state index in [1.54, 1.807) is 67.6 Å². The van der Waals surface area contributed by atoms with E-state index in [1.807, 2.05) is 0 Å². The number of ketones is 1. The molecule has 2 aromatic carbocycles. The van der Waals surface area contributed by atoms with Gasteiger partial charge in [0, 0.05) is 5.56 Å². The van der Waals surface area contributed by atoms with Gasteiger partial charge in [0.15, 0.2) is 11.2 Å². The van der Waals surface area contributed by atoms with Crippen molar-refractivity contribution in [2.75, 3.05) is 4.90 Å². The number of amides is 4. The lowest BCUT2D eigenvalue weighted by Crippen LogP contribution is -2.66. The van der Waals surface area contributed by atoms with Crippen molar-refractivity contribution in [1.82, 2.24) is 5.32 Å². The average Bonchev–Trinajstić information content (AvgIpc) is 2.63. The first-order chi connectivity index (χ1) is 12.0. The Hall–Kier alpha value is -3.28. The summed E-state index contributed by atoms with van der Waals surface area (Å²) in [7, 11) is 0. The number of benzene rings is 2. The van der Waals surface area contributed by atoms with E-state index >= 15 is 0 Å². The van der Waals surface area contributed by atoms with Gasteiger partial charge < -0.3 is 0 Å². The van der Waals surface area contributed by atoms with Crippen molar-refractivity contribution in [1.29, 1.82) is 0 Å². The molecule has 6 nitrogen and oxygen atoms in total. The third kappa shape index (κ3) is 2.52. The van der Waals surface area contributed by atoms with Crippen molar-refractivity contribution in [2.45, 2.75) is 13.3 Å². The van der Waals surface area contributed by atoms with E-state index in [4.69, 9.17) is 0 Å². The first kappa shape index (κ1) is 16.6. The SMILES string of the molecule is CC[C@]1(C(=O)c2ccccc2)C(=O)NC(=O)N(c2ccccc2)C1=O. The lowest BCUT2D eigenvalue weighted by Gasteiger charge is -2.37. The topological polar surface area (TPSA) is 83.6 Å². The van der Waals surface area contributed by atoms with Gasteiger partial charge >= 0.3 is 6.03 Å². The van der Waals surface area contributed by atoms with Crippen molar-refractivity contribution >= 4 is 29.3 Å². The average molecular weight is 336 g/mol. The summed E-state index contributed by atoms with van der Waals surface area (Å²) < 4.78 is 0. The lowest BCUT2D eigenvalue weighted by molar-refractivity contribution is -0.139. The maximum Gasteiger partial charge on any atom is 0.335 e. The summed E-state index contributed by atoms with van der Waals surface area (Å²) >= 11 is 0. The van der Waals surface area contributed by atoms with Gasteiger partial charge in [-0.25, -0.2) is 9.69 Å². The van der Waals surface area contributed by atoms with Crippen LogP contribution in [0, 0.1) is 5.41 Å². The number of carbonyl (C=O) groups excluding carboxylic acids is 4. The minimum atomic E-state index is -1.97. The molecular weight excluding hydrogens is 320 g/mol. The fourth-order valence-electron chi connectivity index (χ4n) is 2.96. The molecule has 6 heteroatoms. The molecule has 1 atom stereocenters. The van der Waals surface area contributed by atoms with Crippen LogP contribution in [0.3, 0.4) is 0 Å². The Morgan fingerprint density at radius 2 is 1.52 bits per heavy atom. The van der Waals surface area contributed by atoms with Crippen LogP contribution in [0.4, 0.5) is 10.5 Å². The normalized spacial score (nSPS) is 20.4. The summed E-state index contributed by atoms with van der Waals surface area (Å²) in [5.41, 5.74) is -1.42. The van der Waals surface area contributed by atoms with E-state index in [0.29, 0.717) is 5.69 Å². The van der Waals surface area contributed by atoms with Gasteiger partial charge in [0.1, 0.15) is 0 Å². The molecule has 0 unspecified atom stereocenters. The van der Waals surface area contributed by atoms with Crippen LogP contribution >= 0.6 is 0 Å². The molecule has 1 aliphatic heterocycles. The van der Waals surface area contributed by atoms with Gasteiger partial charge in [-0.1, -0.05) is 55.5 Å². The first-order valence-electron chi connectivity index (χ1n) is 7.87. The standard InChI is InChI=1S/C19H16N2O4/c1-2-19(15(22)13-9-5-3-6-10-13)16(23)20-18(25)21(17(19)24)14-11-7-4-8-12-14/h3-12H,2H2,1H3,(H,20,23,25)/t19-/m0/s1. The Morgan fingerprint density at radius 3 is 2.08 bits per heavy atom. The van der Waals surface area contributed by atoms with Crippen LogP contribution in [-0.4, -0.2) is 23.6 Å². The predicted octanol–water partition coefficient (Wildman–Crippen LogP) is 2.55. The van der Waals surface area contributed by atoms with Gasteiger partial charge in [-0.3, -0.25) is 19.7 Å². The number of barbiturate groups is 1. The number of rotatable bonds is 4. The summed E-state index contributed by atoms with van der Waals surface area (Å²) in [5.74, 6) is -2.33. The molecule has 1 saturated heterocycles. The first-order valence-corrected chi connectivity index (χ1v) is 7.87. The lowest BCUT2D eigenvalue weighted by atomic mass is 9.74. The zero-order valence-electron chi connectivity index (χ0n) is 13.6. The Morgan fingerprint density at radius 1 is 0.960 bits per heavy atom. The number of hydrogen-bond donors (Lipinski definition) is 1. The largest absolute Gasteiger partial charge is 0.335 e. The van der Waals surface area contributed by atoms with Crippen LogP contribution in [0.5, 0.6) is 0 Å². The maximum absolute atomic E-state index is 13.1. The Kier molecular flexibility index (Phi) is 4.19. The Balaban J connectivity index is 2.12. The summed E-state index contributed by atoms with van der Waals surface area (Å²) in [6.07, 6.45) is -0.0536. The molecule has 0 bridgehead atoms. The van der Waals surface area contributed by atoms with E-state index in [1.165, 1.54) is 0 Å². The maximum atomic E-state index is 13.1. The summed E-state index contributed by atoms with van der Waals surface area (Å²) in [5, 5.41) is 2.16. The van der Waals surface area contributed by atoms with E-state index in [9.17, 15) is 19.2 Å². The molecule has 1 heterocycles. The summed E-state index contributed by atoms with van der Waals surface area (Å²) in [6, 6.07) is 15.5. The smallest absolute Gasteiger partial charge is 0.292 e. The fourth-order valence-corrected chi connectivity index (χ4v) is 2.96. The van der Waals surface area contributed by atoms with Crippen LogP contribution < -0.4 is 10.2 Å². The fraction of sp³-hybridized carbons (Fsp3) is 0.158. The van der Waals surface area contributed by atoms with Gasteiger partial charge in [-0.05, 0) is 18.6 Å². The second kappa shape index (κ2) is 6.32. The molecule has 0 spiro atoms. The molecular formula is C19H16N2O4. The zero-order valence-corrected chi connectivity index (χ0v) is 13.6. The summed E-state index contributed by atoms with van der Waals surface area (Å²) in [6.45, 7) is 1.58. The number of Topliss-reactive ketones (excluding diaryl/α,β-unsaturated/α-hetero) is 1.